The van der Waals surface area contributed by atoms with Crippen LogP contribution in [-0.2, 0) is 0 Å². The molecule has 0 radical (unpaired) electrons. The summed E-state index contributed by atoms with van der Waals surface area (Å²) in [4.78, 5) is 4.49. The molecule has 0 unspecified atom stereocenters. The second kappa shape index (κ2) is 4.42. The summed E-state index contributed by atoms with van der Waals surface area (Å²) in [6.07, 6.45) is 8.51. The molecule has 3 rings (SSSR count). The van der Waals surface area contributed by atoms with Crippen LogP contribution in [0.1, 0.15) is 43.7 Å². The van der Waals surface area contributed by atoms with Crippen molar-refractivity contribution in [3.05, 3.63) is 23.9 Å². The van der Waals surface area contributed by atoms with Crippen LogP contribution in [0.4, 0.5) is 5.82 Å². The molecule has 0 bridgehead atoms. The van der Waals surface area contributed by atoms with Gasteiger partial charge in [-0.2, -0.15) is 0 Å². The highest BCUT2D eigenvalue weighted by atomic mass is 15.0. The molecule has 16 heavy (non-hydrogen) atoms. The van der Waals surface area contributed by atoms with Crippen molar-refractivity contribution in [2.45, 2.75) is 44.2 Å². The highest BCUT2D eigenvalue weighted by Gasteiger charge is 2.18. The second-order valence-electron chi connectivity index (χ2n) is 4.90. The van der Waals surface area contributed by atoms with Gasteiger partial charge in [0.2, 0.25) is 0 Å². The van der Waals surface area contributed by atoms with E-state index in [9.17, 15) is 0 Å². The van der Waals surface area contributed by atoms with Gasteiger partial charge in [-0.05, 0) is 50.3 Å². The number of nitrogens with zero attached hydrogens (tertiary/aromatic N) is 1. The van der Waals surface area contributed by atoms with Crippen LogP contribution >= 0.6 is 0 Å². The molecule has 1 saturated carbocycles. The van der Waals surface area contributed by atoms with E-state index in [1.807, 2.05) is 6.20 Å². The van der Waals surface area contributed by atoms with Crippen molar-refractivity contribution in [3.8, 4) is 0 Å². The molecular weight excluding hydrogens is 198 g/mol. The minimum Gasteiger partial charge on any atom is -0.367 e. The molecule has 1 atom stereocenters. The lowest BCUT2D eigenvalue weighted by molar-refractivity contribution is 0.444. The summed E-state index contributed by atoms with van der Waals surface area (Å²) in [7, 11) is 0. The van der Waals surface area contributed by atoms with Gasteiger partial charge in [0.1, 0.15) is 5.82 Å². The lowest BCUT2D eigenvalue weighted by atomic mass is 9.93. The zero-order chi connectivity index (χ0) is 10.8. The third-order valence-electron chi connectivity index (χ3n) is 3.71. The molecule has 3 nitrogen and oxygen atoms in total. The monoisotopic (exact) mass is 217 g/mol. The van der Waals surface area contributed by atoms with Crippen molar-refractivity contribution in [3.63, 3.8) is 0 Å². The van der Waals surface area contributed by atoms with Crippen molar-refractivity contribution in [1.29, 1.82) is 0 Å². The number of pyridine rings is 1. The average molecular weight is 217 g/mol. The first-order valence-corrected chi connectivity index (χ1v) is 6.38. The van der Waals surface area contributed by atoms with Crippen LogP contribution in [0, 0.1) is 0 Å². The molecule has 2 fully saturated rings. The van der Waals surface area contributed by atoms with E-state index in [4.69, 9.17) is 0 Å². The zero-order valence-corrected chi connectivity index (χ0v) is 9.58. The largest absolute Gasteiger partial charge is 0.367 e. The fourth-order valence-corrected chi connectivity index (χ4v) is 2.43. The van der Waals surface area contributed by atoms with Crippen LogP contribution in [0.3, 0.4) is 0 Å². The average Bonchev–Trinajstić information content (AvgIpc) is 2.78. The summed E-state index contributed by atoms with van der Waals surface area (Å²) < 4.78 is 0. The van der Waals surface area contributed by atoms with Gasteiger partial charge < -0.3 is 10.6 Å². The molecule has 2 N–H and O–H groups in total. The van der Waals surface area contributed by atoms with Crippen molar-refractivity contribution < 1.29 is 0 Å². The normalized spacial score (nSPS) is 25.4. The molecule has 1 aromatic rings. The minimum absolute atomic E-state index is 0.533. The quantitative estimate of drug-likeness (QED) is 0.816. The van der Waals surface area contributed by atoms with Crippen LogP contribution in [0.5, 0.6) is 0 Å². The molecule has 86 valence electrons. The maximum atomic E-state index is 4.49. The van der Waals surface area contributed by atoms with Crippen LogP contribution < -0.4 is 10.6 Å². The van der Waals surface area contributed by atoms with E-state index in [0.29, 0.717) is 12.1 Å². The Balaban J connectivity index is 1.64. The van der Waals surface area contributed by atoms with Gasteiger partial charge in [-0.1, -0.05) is 6.07 Å². The summed E-state index contributed by atoms with van der Waals surface area (Å²) in [5, 5.41) is 6.96. The number of hydrogen-bond acceptors (Lipinski definition) is 3. The first-order valence-electron chi connectivity index (χ1n) is 6.38. The predicted molar refractivity (Wildman–Crippen MR) is 65.5 cm³/mol. The van der Waals surface area contributed by atoms with E-state index in [0.717, 1.165) is 12.4 Å². The van der Waals surface area contributed by atoms with Crippen LogP contribution in [0.25, 0.3) is 0 Å². The molecular formula is C13H19N3. The Kier molecular flexibility index (Phi) is 2.79. The van der Waals surface area contributed by atoms with Gasteiger partial charge in [0, 0.05) is 18.3 Å². The first-order chi connectivity index (χ1) is 7.92. The summed E-state index contributed by atoms with van der Waals surface area (Å²) in [6, 6.07) is 5.53. The van der Waals surface area contributed by atoms with E-state index < -0.39 is 0 Å². The van der Waals surface area contributed by atoms with Gasteiger partial charge in [0.25, 0.3) is 0 Å². The summed E-state index contributed by atoms with van der Waals surface area (Å²) in [6.45, 7) is 1.15. The minimum atomic E-state index is 0.533. The Morgan fingerprint density at radius 2 is 2.12 bits per heavy atom. The first kappa shape index (κ1) is 10.1. The third kappa shape index (κ3) is 2.05. The van der Waals surface area contributed by atoms with Crippen molar-refractivity contribution in [2.75, 3.05) is 11.9 Å². The van der Waals surface area contributed by atoms with E-state index in [-0.39, 0.29) is 0 Å². The number of hydrogen-bond donors (Lipinski definition) is 2. The summed E-state index contributed by atoms with van der Waals surface area (Å²) >= 11 is 0. The van der Waals surface area contributed by atoms with Crippen molar-refractivity contribution in [1.82, 2.24) is 10.3 Å². The SMILES string of the molecule is c1cc(NC2CCC2)ncc1[C@H]1CCCN1. The molecule has 0 amide bonds. The maximum absolute atomic E-state index is 4.49. The number of anilines is 1. The smallest absolute Gasteiger partial charge is 0.126 e. The molecule has 1 aliphatic heterocycles. The van der Waals surface area contributed by atoms with Crippen LogP contribution in [-0.4, -0.2) is 17.6 Å². The highest BCUT2D eigenvalue weighted by Crippen LogP contribution is 2.25. The van der Waals surface area contributed by atoms with Gasteiger partial charge in [0.15, 0.2) is 0 Å². The molecule has 3 heteroatoms. The van der Waals surface area contributed by atoms with E-state index in [1.54, 1.807) is 0 Å². The van der Waals surface area contributed by atoms with E-state index in [1.165, 1.54) is 37.7 Å². The molecule has 1 aliphatic carbocycles. The molecule has 1 saturated heterocycles. The standard InChI is InChI=1S/C13H19N3/c1-3-11(4-1)16-13-7-6-10(9-15-13)12-5-2-8-14-12/h6-7,9,11-12,14H,1-5,8H2,(H,15,16)/t12-/m1/s1. The molecule has 0 spiro atoms. The predicted octanol–water partition coefficient (Wildman–Crippen LogP) is 2.47. The second-order valence-corrected chi connectivity index (χ2v) is 4.90. The van der Waals surface area contributed by atoms with Gasteiger partial charge in [-0.3, -0.25) is 0 Å². The highest BCUT2D eigenvalue weighted by molar-refractivity contribution is 5.37. The van der Waals surface area contributed by atoms with Gasteiger partial charge in [0.05, 0.1) is 0 Å². The fourth-order valence-electron chi connectivity index (χ4n) is 2.43. The van der Waals surface area contributed by atoms with Crippen LogP contribution in [0.15, 0.2) is 18.3 Å². The summed E-state index contributed by atoms with van der Waals surface area (Å²) in [5.41, 5.74) is 1.33. The third-order valence-corrected chi connectivity index (χ3v) is 3.71. The Morgan fingerprint density at radius 1 is 1.19 bits per heavy atom. The molecule has 1 aromatic heterocycles. The molecule has 2 heterocycles. The Labute approximate surface area is 96.7 Å². The van der Waals surface area contributed by atoms with Crippen molar-refractivity contribution >= 4 is 5.82 Å². The van der Waals surface area contributed by atoms with E-state index >= 15 is 0 Å². The molecule has 2 aliphatic rings. The Hall–Kier alpha value is -1.09. The fraction of sp³-hybridized carbons (Fsp3) is 0.615. The maximum Gasteiger partial charge on any atom is 0.126 e. The lowest BCUT2D eigenvalue weighted by Crippen LogP contribution is -2.27. The van der Waals surface area contributed by atoms with Crippen molar-refractivity contribution in [2.24, 2.45) is 0 Å². The number of rotatable bonds is 3. The Morgan fingerprint density at radius 3 is 2.69 bits per heavy atom. The van der Waals surface area contributed by atoms with Crippen LogP contribution in [0.2, 0.25) is 0 Å². The number of aromatic nitrogens is 1. The van der Waals surface area contributed by atoms with Gasteiger partial charge in [-0.25, -0.2) is 4.98 Å². The van der Waals surface area contributed by atoms with E-state index in [2.05, 4.69) is 27.8 Å². The summed E-state index contributed by atoms with van der Waals surface area (Å²) in [5.74, 6) is 1.03. The Bertz CT molecular complexity index is 337. The van der Waals surface area contributed by atoms with Gasteiger partial charge in [-0.15, -0.1) is 0 Å². The zero-order valence-electron chi connectivity index (χ0n) is 9.58. The van der Waals surface area contributed by atoms with Gasteiger partial charge >= 0.3 is 0 Å². The number of nitrogens with one attached hydrogen (secondary N) is 2. The lowest BCUT2D eigenvalue weighted by Gasteiger charge is -2.27. The topological polar surface area (TPSA) is 37.0 Å². The molecule has 0 aromatic carbocycles.